The van der Waals surface area contributed by atoms with E-state index in [1.54, 1.807) is 29.7 Å². The zero-order valence-electron chi connectivity index (χ0n) is 16.5. The van der Waals surface area contributed by atoms with Crippen LogP contribution in [-0.4, -0.2) is 55.6 Å². The third-order valence-electron chi connectivity index (χ3n) is 4.01. The average molecular weight is 531 g/mol. The molecule has 0 aromatic heterocycles. The molecule has 1 aliphatic rings. The molecule has 12 heteroatoms. The topological polar surface area (TPSA) is 108 Å². The highest BCUT2D eigenvalue weighted by Gasteiger charge is 2.43. The van der Waals surface area contributed by atoms with Crippen LogP contribution in [0.3, 0.4) is 0 Å². The van der Waals surface area contributed by atoms with Gasteiger partial charge in [0.15, 0.2) is 10.9 Å². The van der Waals surface area contributed by atoms with Crippen LogP contribution in [0.15, 0.2) is 28.1 Å². The van der Waals surface area contributed by atoms with Crippen LogP contribution < -0.4 is 4.72 Å². The Balaban J connectivity index is 0.00000420. The summed E-state index contributed by atoms with van der Waals surface area (Å²) in [5.41, 5.74) is -1.13. The predicted octanol–water partition coefficient (Wildman–Crippen LogP) is 3.19. The predicted molar refractivity (Wildman–Crippen MR) is 120 cm³/mol. The quantitative estimate of drug-likeness (QED) is 0.581. The number of ether oxygens (including phenoxy) is 1. The van der Waals surface area contributed by atoms with Crippen LogP contribution >= 0.6 is 40.3 Å². The molecule has 1 aromatic rings. The number of carbonyl (C=O) groups excluding carboxylic acids is 1. The van der Waals surface area contributed by atoms with E-state index >= 15 is 0 Å². The monoisotopic (exact) mass is 529 g/mol. The van der Waals surface area contributed by atoms with E-state index in [1.165, 1.54) is 23.9 Å². The third-order valence-corrected chi connectivity index (χ3v) is 7.01. The first kappa shape index (κ1) is 26.0. The first-order valence-electron chi connectivity index (χ1n) is 8.64. The van der Waals surface area contributed by atoms with Gasteiger partial charge >= 0.3 is 6.09 Å². The molecule has 1 heterocycles. The number of sulfonamides is 1. The highest BCUT2D eigenvalue weighted by molar-refractivity contribution is 8.93. The molecular formula is C17H25BrClN3O5S2. The summed E-state index contributed by atoms with van der Waals surface area (Å²) in [7, 11) is -2.57. The van der Waals surface area contributed by atoms with E-state index in [9.17, 15) is 18.3 Å². The molecule has 0 spiro atoms. The number of amides is 1. The van der Waals surface area contributed by atoms with E-state index in [2.05, 4.69) is 9.73 Å². The number of amidine groups is 1. The molecule has 2 N–H and O–H groups in total. The highest BCUT2D eigenvalue weighted by Crippen LogP contribution is 2.39. The van der Waals surface area contributed by atoms with Gasteiger partial charge in [0.05, 0.1) is 17.4 Å². The van der Waals surface area contributed by atoms with Crippen LogP contribution in [0.2, 0.25) is 5.02 Å². The maximum Gasteiger partial charge on any atom is 0.421 e. The van der Waals surface area contributed by atoms with Crippen LogP contribution in [0.1, 0.15) is 26.3 Å². The van der Waals surface area contributed by atoms with Crippen molar-refractivity contribution in [2.24, 2.45) is 10.9 Å². The number of thioether (sulfide) groups is 1. The van der Waals surface area contributed by atoms with E-state index in [-0.39, 0.29) is 39.3 Å². The van der Waals surface area contributed by atoms with Crippen molar-refractivity contribution >= 4 is 61.6 Å². The number of benzene rings is 1. The molecule has 164 valence electrons. The summed E-state index contributed by atoms with van der Waals surface area (Å²) in [4.78, 5) is 17.3. The van der Waals surface area contributed by atoms with Crippen molar-refractivity contribution in [3.63, 3.8) is 0 Å². The van der Waals surface area contributed by atoms with Crippen molar-refractivity contribution in [3.8, 4) is 0 Å². The normalized spacial score (nSPS) is 20.7. The minimum atomic E-state index is -4.27. The number of hydrogen-bond acceptors (Lipinski definition) is 7. The van der Waals surface area contributed by atoms with Gasteiger partial charge in [0.2, 0.25) is 0 Å². The van der Waals surface area contributed by atoms with Gasteiger partial charge in [-0.3, -0.25) is 4.99 Å². The van der Waals surface area contributed by atoms with Gasteiger partial charge in [0.25, 0.3) is 10.0 Å². The van der Waals surface area contributed by atoms with Crippen molar-refractivity contribution < 1.29 is 23.1 Å². The van der Waals surface area contributed by atoms with Gasteiger partial charge < -0.3 is 14.7 Å². The van der Waals surface area contributed by atoms with Crippen molar-refractivity contribution in [1.82, 2.24) is 9.62 Å². The van der Waals surface area contributed by atoms with E-state index < -0.39 is 21.8 Å². The summed E-state index contributed by atoms with van der Waals surface area (Å²) < 4.78 is 31.4. The fourth-order valence-electron chi connectivity index (χ4n) is 2.49. The molecular weight excluding hydrogens is 506 g/mol. The lowest BCUT2D eigenvalue weighted by Crippen LogP contribution is -2.42. The minimum Gasteiger partial charge on any atom is -0.449 e. The number of nitrogens with zero attached hydrogens (tertiary/aromatic N) is 2. The summed E-state index contributed by atoms with van der Waals surface area (Å²) in [5.74, 6) is 0.642. The maximum atomic E-state index is 12.5. The molecule has 0 bridgehead atoms. The van der Waals surface area contributed by atoms with E-state index in [0.29, 0.717) is 23.2 Å². The second kappa shape index (κ2) is 10.3. The van der Waals surface area contributed by atoms with Crippen LogP contribution in [0, 0.1) is 5.92 Å². The molecule has 1 aromatic carbocycles. The van der Waals surface area contributed by atoms with Gasteiger partial charge in [-0.25, -0.2) is 17.9 Å². The summed E-state index contributed by atoms with van der Waals surface area (Å²) in [5, 5.41) is 11.8. The van der Waals surface area contributed by atoms with Crippen molar-refractivity contribution in [2.75, 3.05) is 26.0 Å². The maximum absolute atomic E-state index is 12.5. The third kappa shape index (κ3) is 6.00. The van der Waals surface area contributed by atoms with E-state index in [0.717, 1.165) is 0 Å². The molecule has 1 aliphatic heterocycles. The standard InChI is InChI=1S/C17H24ClN3O5S2.BrH/c1-5-26-16(22)20-28(24,25)14-8-12(6-7-13(14)18)17(23)10-27-15(21(17)4)19-9-11(2)3;/h6-8,11,23H,5,9-10H2,1-4H3,(H,20,22);1H. The van der Waals surface area contributed by atoms with Crippen LogP contribution in [0.4, 0.5) is 4.79 Å². The van der Waals surface area contributed by atoms with Gasteiger partial charge in [-0.15, -0.1) is 17.0 Å². The zero-order chi connectivity index (χ0) is 21.1. The Morgan fingerprint density at radius 1 is 1.48 bits per heavy atom. The van der Waals surface area contributed by atoms with Crippen molar-refractivity contribution in [3.05, 3.63) is 28.8 Å². The number of halogens is 2. The van der Waals surface area contributed by atoms with E-state index in [4.69, 9.17) is 11.6 Å². The molecule has 1 atom stereocenters. The first-order valence-corrected chi connectivity index (χ1v) is 11.5. The minimum absolute atomic E-state index is 0. The Bertz CT molecular complexity index is 882. The molecule has 1 saturated heterocycles. The molecule has 0 radical (unpaired) electrons. The van der Waals surface area contributed by atoms with Crippen LogP contribution in [0.5, 0.6) is 0 Å². The summed E-state index contributed by atoms with van der Waals surface area (Å²) in [6.07, 6.45) is -1.10. The molecule has 1 fully saturated rings. The smallest absolute Gasteiger partial charge is 0.421 e. The number of carbonyl (C=O) groups is 1. The molecule has 8 nitrogen and oxygen atoms in total. The van der Waals surface area contributed by atoms with Crippen molar-refractivity contribution in [2.45, 2.75) is 31.4 Å². The number of hydrogen-bond donors (Lipinski definition) is 2. The van der Waals surface area contributed by atoms with Gasteiger partial charge in [-0.2, -0.15) is 0 Å². The number of aliphatic hydroxyl groups is 1. The second-order valence-corrected chi connectivity index (χ2v) is 9.65. The van der Waals surface area contributed by atoms with Crippen LogP contribution in [-0.2, 0) is 20.5 Å². The van der Waals surface area contributed by atoms with Gasteiger partial charge in [0.1, 0.15) is 4.90 Å². The number of rotatable bonds is 6. The van der Waals surface area contributed by atoms with Crippen molar-refractivity contribution in [1.29, 1.82) is 0 Å². The SMILES string of the molecule is Br.CCOC(=O)NS(=O)(=O)c1cc(C2(O)CSC(=NCC(C)C)N2C)ccc1Cl. The molecule has 29 heavy (non-hydrogen) atoms. The fourth-order valence-corrected chi connectivity index (χ4v) is 5.11. The first-order chi connectivity index (χ1) is 13.0. The molecule has 0 saturated carbocycles. The summed E-state index contributed by atoms with van der Waals surface area (Å²) in [6, 6.07) is 4.18. The fraction of sp³-hybridized carbons (Fsp3) is 0.529. The molecule has 0 aliphatic carbocycles. The molecule has 1 amide bonds. The Hall–Kier alpha value is -1.01. The summed E-state index contributed by atoms with van der Waals surface area (Å²) >= 11 is 7.43. The number of aliphatic imine (C=N–C) groups is 1. The molecule has 2 rings (SSSR count). The van der Waals surface area contributed by atoms with Crippen LogP contribution in [0.25, 0.3) is 0 Å². The Morgan fingerprint density at radius 2 is 2.14 bits per heavy atom. The average Bonchev–Trinajstić information content (AvgIpc) is 2.89. The Kier molecular flexibility index (Phi) is 9.28. The lowest BCUT2D eigenvalue weighted by molar-refractivity contribution is -0.0350. The lowest BCUT2D eigenvalue weighted by Gasteiger charge is -2.31. The Labute approximate surface area is 190 Å². The highest BCUT2D eigenvalue weighted by atomic mass is 79.9. The second-order valence-electron chi connectivity index (χ2n) is 6.65. The zero-order valence-corrected chi connectivity index (χ0v) is 20.6. The van der Waals surface area contributed by atoms with Gasteiger partial charge in [-0.05, 0) is 25.0 Å². The van der Waals surface area contributed by atoms with Gasteiger partial charge in [-0.1, -0.05) is 43.3 Å². The Morgan fingerprint density at radius 3 is 2.72 bits per heavy atom. The lowest BCUT2D eigenvalue weighted by atomic mass is 10.0. The largest absolute Gasteiger partial charge is 0.449 e. The number of nitrogens with one attached hydrogen (secondary N) is 1. The molecule has 1 unspecified atom stereocenters. The van der Waals surface area contributed by atoms with Gasteiger partial charge in [0, 0.05) is 19.2 Å². The van der Waals surface area contributed by atoms with E-state index in [1.807, 2.05) is 13.8 Å². The summed E-state index contributed by atoms with van der Waals surface area (Å²) in [6.45, 7) is 6.29.